The number of benzene rings is 2. The second-order valence-electron chi connectivity index (χ2n) is 5.31. The number of ether oxygens (including phenoxy) is 3. The fourth-order valence-corrected chi connectivity index (χ4v) is 2.45. The van der Waals surface area contributed by atoms with Crippen molar-refractivity contribution in [1.82, 2.24) is 5.32 Å². The van der Waals surface area contributed by atoms with Gasteiger partial charge in [0, 0.05) is 12.6 Å². The largest absolute Gasteiger partial charge is 0.491 e. The highest BCUT2D eigenvalue weighted by atomic mass is 35.5. The van der Waals surface area contributed by atoms with E-state index in [9.17, 15) is 14.3 Å². The monoisotopic (exact) mass is 367 g/mol. The molecular weight excluding hydrogens is 353 g/mol. The quantitative estimate of drug-likeness (QED) is 0.819. The average molecular weight is 368 g/mol. The van der Waals surface area contributed by atoms with Crippen LogP contribution in [0.3, 0.4) is 0 Å². The molecule has 0 aliphatic carbocycles. The minimum absolute atomic E-state index is 0.00333. The number of rotatable bonds is 6. The second-order valence-corrected chi connectivity index (χ2v) is 5.72. The van der Waals surface area contributed by atoms with E-state index in [0.717, 1.165) is 12.1 Å². The maximum absolute atomic E-state index is 13.0. The van der Waals surface area contributed by atoms with Crippen LogP contribution in [0, 0.1) is 5.82 Å². The second kappa shape index (κ2) is 7.58. The number of hydrogen-bond donors (Lipinski definition) is 2. The molecule has 0 aromatic heterocycles. The predicted molar refractivity (Wildman–Crippen MR) is 87.8 cm³/mol. The molecule has 1 heterocycles. The topological polar surface area (TPSA) is 77.0 Å². The Balaban J connectivity index is 1.48. The van der Waals surface area contributed by atoms with Crippen LogP contribution in [0.1, 0.15) is 10.4 Å². The number of amides is 1. The molecule has 2 N–H and O–H groups in total. The van der Waals surface area contributed by atoms with Crippen LogP contribution >= 0.6 is 11.6 Å². The Hall–Kier alpha value is -2.51. The molecule has 6 nitrogen and oxygen atoms in total. The Morgan fingerprint density at radius 2 is 2.08 bits per heavy atom. The summed E-state index contributed by atoms with van der Waals surface area (Å²) < 4.78 is 28.9. The molecule has 1 amide bonds. The van der Waals surface area contributed by atoms with Gasteiger partial charge in [-0.3, -0.25) is 4.79 Å². The zero-order valence-corrected chi connectivity index (χ0v) is 13.8. The van der Waals surface area contributed by atoms with Gasteiger partial charge in [-0.1, -0.05) is 11.6 Å². The van der Waals surface area contributed by atoms with Crippen molar-refractivity contribution in [3.8, 4) is 17.2 Å². The summed E-state index contributed by atoms with van der Waals surface area (Å²) in [5.74, 6) is 0.685. The molecule has 132 valence electrons. The van der Waals surface area contributed by atoms with E-state index in [4.69, 9.17) is 25.8 Å². The average Bonchev–Trinajstić information content (AvgIpc) is 3.05. The number of halogens is 2. The van der Waals surface area contributed by atoms with Crippen molar-refractivity contribution in [2.24, 2.45) is 0 Å². The highest BCUT2D eigenvalue weighted by Gasteiger charge is 2.16. The molecule has 0 fully saturated rings. The van der Waals surface area contributed by atoms with Gasteiger partial charge in [-0.05, 0) is 30.3 Å². The van der Waals surface area contributed by atoms with E-state index in [2.05, 4.69) is 5.32 Å². The zero-order chi connectivity index (χ0) is 17.8. The number of aliphatic hydroxyl groups is 1. The number of nitrogens with one attached hydrogen (secondary N) is 1. The Morgan fingerprint density at radius 3 is 2.88 bits per heavy atom. The number of hydrogen-bond acceptors (Lipinski definition) is 5. The lowest BCUT2D eigenvalue weighted by molar-refractivity contribution is 0.0843. The van der Waals surface area contributed by atoms with Crippen LogP contribution in [-0.2, 0) is 0 Å². The SMILES string of the molecule is O=C(NC[C@H](O)COc1ccc2c(c1)OCO2)c1ccc(F)cc1Cl. The van der Waals surface area contributed by atoms with E-state index in [-0.39, 0.29) is 30.5 Å². The smallest absolute Gasteiger partial charge is 0.252 e. The van der Waals surface area contributed by atoms with Crippen molar-refractivity contribution in [2.75, 3.05) is 19.9 Å². The van der Waals surface area contributed by atoms with E-state index < -0.39 is 17.8 Å². The Labute approximate surface area is 148 Å². The van der Waals surface area contributed by atoms with Crippen molar-refractivity contribution in [2.45, 2.75) is 6.10 Å². The highest BCUT2D eigenvalue weighted by molar-refractivity contribution is 6.33. The summed E-state index contributed by atoms with van der Waals surface area (Å²) in [7, 11) is 0. The van der Waals surface area contributed by atoms with Gasteiger partial charge in [-0.15, -0.1) is 0 Å². The Kier molecular flexibility index (Phi) is 5.25. The van der Waals surface area contributed by atoms with Crippen molar-refractivity contribution in [1.29, 1.82) is 0 Å². The molecule has 3 rings (SSSR count). The Bertz CT molecular complexity index is 786. The van der Waals surface area contributed by atoms with Crippen LogP contribution in [-0.4, -0.2) is 37.1 Å². The number of carbonyl (C=O) groups is 1. The first-order valence-corrected chi connectivity index (χ1v) is 7.84. The molecule has 0 radical (unpaired) electrons. The summed E-state index contributed by atoms with van der Waals surface area (Å²) in [6, 6.07) is 8.53. The van der Waals surface area contributed by atoms with E-state index in [0.29, 0.717) is 17.2 Å². The third-order valence-corrected chi connectivity index (χ3v) is 3.77. The minimum atomic E-state index is -0.936. The van der Waals surface area contributed by atoms with Gasteiger partial charge in [0.15, 0.2) is 11.5 Å². The van der Waals surface area contributed by atoms with Crippen molar-refractivity contribution >= 4 is 17.5 Å². The first-order chi connectivity index (χ1) is 12.0. The third-order valence-electron chi connectivity index (χ3n) is 3.46. The van der Waals surface area contributed by atoms with Crippen LogP contribution in [0.2, 0.25) is 5.02 Å². The summed E-state index contributed by atoms with van der Waals surface area (Å²) in [5.41, 5.74) is 0.131. The number of aliphatic hydroxyl groups excluding tert-OH is 1. The maximum Gasteiger partial charge on any atom is 0.252 e. The lowest BCUT2D eigenvalue weighted by Gasteiger charge is -2.14. The van der Waals surface area contributed by atoms with Gasteiger partial charge in [0.1, 0.15) is 24.3 Å². The first-order valence-electron chi connectivity index (χ1n) is 7.46. The van der Waals surface area contributed by atoms with Crippen LogP contribution in [0.5, 0.6) is 17.2 Å². The fraction of sp³-hybridized carbons (Fsp3) is 0.235. The molecule has 1 atom stereocenters. The van der Waals surface area contributed by atoms with Gasteiger partial charge in [0.2, 0.25) is 6.79 Å². The normalized spacial score (nSPS) is 13.4. The van der Waals surface area contributed by atoms with E-state index >= 15 is 0 Å². The first kappa shape index (κ1) is 17.3. The van der Waals surface area contributed by atoms with Crippen LogP contribution in [0.25, 0.3) is 0 Å². The summed E-state index contributed by atoms with van der Waals surface area (Å²) in [5, 5.41) is 12.4. The summed E-state index contributed by atoms with van der Waals surface area (Å²) >= 11 is 5.82. The van der Waals surface area contributed by atoms with Crippen LogP contribution < -0.4 is 19.5 Å². The summed E-state index contributed by atoms with van der Waals surface area (Å²) in [6.07, 6.45) is -0.936. The molecule has 1 aliphatic rings. The molecule has 0 bridgehead atoms. The van der Waals surface area contributed by atoms with Gasteiger partial charge in [-0.2, -0.15) is 0 Å². The maximum atomic E-state index is 13.0. The molecule has 25 heavy (non-hydrogen) atoms. The lowest BCUT2D eigenvalue weighted by atomic mass is 10.2. The highest BCUT2D eigenvalue weighted by Crippen LogP contribution is 2.35. The number of fused-ring (bicyclic) bond motifs is 1. The van der Waals surface area contributed by atoms with Gasteiger partial charge in [-0.25, -0.2) is 4.39 Å². The predicted octanol–water partition coefficient (Wildman–Crippen LogP) is 2.38. The Morgan fingerprint density at radius 1 is 1.28 bits per heavy atom. The van der Waals surface area contributed by atoms with Gasteiger partial charge in [0.05, 0.1) is 10.6 Å². The number of carbonyl (C=O) groups excluding carboxylic acids is 1. The van der Waals surface area contributed by atoms with E-state index in [1.807, 2.05) is 0 Å². The van der Waals surface area contributed by atoms with Crippen molar-refractivity contribution in [3.63, 3.8) is 0 Å². The van der Waals surface area contributed by atoms with Gasteiger partial charge in [0.25, 0.3) is 5.91 Å². The van der Waals surface area contributed by atoms with Crippen molar-refractivity contribution < 1.29 is 28.5 Å². The molecular formula is C17H15ClFNO5. The van der Waals surface area contributed by atoms with Crippen LogP contribution in [0.15, 0.2) is 36.4 Å². The molecule has 8 heteroatoms. The lowest BCUT2D eigenvalue weighted by Crippen LogP contribution is -2.35. The fourth-order valence-electron chi connectivity index (χ4n) is 2.20. The zero-order valence-electron chi connectivity index (χ0n) is 13.0. The molecule has 1 aliphatic heterocycles. The van der Waals surface area contributed by atoms with Gasteiger partial charge < -0.3 is 24.6 Å². The molecule has 0 saturated heterocycles. The van der Waals surface area contributed by atoms with Gasteiger partial charge >= 0.3 is 0 Å². The molecule has 2 aromatic rings. The third kappa shape index (κ3) is 4.32. The molecule has 2 aromatic carbocycles. The molecule has 0 unspecified atom stereocenters. The minimum Gasteiger partial charge on any atom is -0.491 e. The van der Waals surface area contributed by atoms with Crippen molar-refractivity contribution in [3.05, 3.63) is 52.8 Å². The summed E-state index contributed by atoms with van der Waals surface area (Å²) in [6.45, 7) is 0.0908. The summed E-state index contributed by atoms with van der Waals surface area (Å²) in [4.78, 5) is 12.0. The molecule has 0 spiro atoms. The van der Waals surface area contributed by atoms with E-state index in [1.54, 1.807) is 18.2 Å². The molecule has 0 saturated carbocycles. The van der Waals surface area contributed by atoms with Crippen LogP contribution in [0.4, 0.5) is 4.39 Å². The standard InChI is InChI=1S/C17H15ClFNO5/c18-14-5-10(19)1-3-13(14)17(22)20-7-11(21)8-23-12-2-4-15-16(6-12)25-9-24-15/h1-6,11,21H,7-9H2,(H,20,22)/t11-/m0/s1. The van der Waals surface area contributed by atoms with E-state index in [1.165, 1.54) is 6.07 Å².